The van der Waals surface area contributed by atoms with Crippen molar-refractivity contribution >= 4 is 23.4 Å². The lowest BCUT2D eigenvalue weighted by Crippen LogP contribution is -2.38. The lowest BCUT2D eigenvalue weighted by atomic mass is 9.78. The Morgan fingerprint density at radius 3 is 2.52 bits per heavy atom. The van der Waals surface area contributed by atoms with E-state index in [4.69, 9.17) is 0 Å². The Kier molecular flexibility index (Phi) is 4.62. The smallest absolute Gasteiger partial charge is 0.253 e. The summed E-state index contributed by atoms with van der Waals surface area (Å²) < 4.78 is 0. The van der Waals surface area contributed by atoms with Crippen molar-refractivity contribution in [2.45, 2.75) is 33.1 Å². The molecule has 0 radical (unpaired) electrons. The number of imide groups is 1. The lowest BCUT2D eigenvalue weighted by Gasteiger charge is -2.30. The highest BCUT2D eigenvalue weighted by Gasteiger charge is 2.50. The fraction of sp³-hybridized carbons (Fsp3) is 0.500. The van der Waals surface area contributed by atoms with Gasteiger partial charge in [0.05, 0.1) is 17.5 Å². The zero-order valence-electron chi connectivity index (χ0n) is 15.9. The summed E-state index contributed by atoms with van der Waals surface area (Å²) in [5.74, 6) is -0.151. The van der Waals surface area contributed by atoms with Crippen LogP contribution in [0.1, 0.15) is 43.5 Å². The van der Waals surface area contributed by atoms with Gasteiger partial charge in [0.2, 0.25) is 11.8 Å². The fourth-order valence-electron chi connectivity index (χ4n) is 4.57. The minimum Gasteiger partial charge on any atom is -0.339 e. The zero-order valence-corrected chi connectivity index (χ0v) is 15.9. The number of benzene rings is 1. The van der Waals surface area contributed by atoms with Crippen LogP contribution in [0.2, 0.25) is 0 Å². The molecule has 0 saturated carbocycles. The number of allylic oxidation sites excluding steroid dienone is 2. The summed E-state index contributed by atoms with van der Waals surface area (Å²) >= 11 is 0. The van der Waals surface area contributed by atoms with Crippen molar-refractivity contribution in [3.05, 3.63) is 42.0 Å². The predicted octanol–water partition coefficient (Wildman–Crippen LogP) is 3.26. The largest absolute Gasteiger partial charge is 0.339 e. The van der Waals surface area contributed by atoms with Crippen molar-refractivity contribution < 1.29 is 14.4 Å². The molecule has 2 fully saturated rings. The van der Waals surface area contributed by atoms with Gasteiger partial charge in [0.1, 0.15) is 0 Å². The Balaban J connectivity index is 1.58. The first-order valence-corrected chi connectivity index (χ1v) is 9.91. The normalized spacial score (nSPS) is 28.6. The number of amides is 3. The van der Waals surface area contributed by atoms with Crippen molar-refractivity contribution in [1.82, 2.24) is 4.90 Å². The Labute approximate surface area is 160 Å². The molecule has 2 aliphatic heterocycles. The first kappa shape index (κ1) is 18.0. The number of hydrogen-bond acceptors (Lipinski definition) is 3. The average Bonchev–Trinajstić information content (AvgIpc) is 2.93. The number of carbonyl (C=O) groups is 3. The number of fused-ring (bicyclic) bond motifs is 1. The molecule has 0 spiro atoms. The van der Waals surface area contributed by atoms with Crippen LogP contribution in [-0.2, 0) is 9.59 Å². The summed E-state index contributed by atoms with van der Waals surface area (Å²) in [5.41, 5.74) is 1.06. The van der Waals surface area contributed by atoms with Gasteiger partial charge in [-0.1, -0.05) is 32.1 Å². The molecule has 27 heavy (non-hydrogen) atoms. The van der Waals surface area contributed by atoms with E-state index in [0.717, 1.165) is 25.9 Å². The fourth-order valence-corrected chi connectivity index (χ4v) is 4.57. The zero-order chi connectivity index (χ0) is 19.1. The van der Waals surface area contributed by atoms with Gasteiger partial charge in [-0.15, -0.1) is 0 Å². The Morgan fingerprint density at radius 1 is 1.07 bits per heavy atom. The Hall–Kier alpha value is -2.43. The van der Waals surface area contributed by atoms with Crippen LogP contribution < -0.4 is 4.90 Å². The van der Waals surface area contributed by atoms with Gasteiger partial charge in [-0.25, -0.2) is 0 Å². The molecule has 5 nitrogen and oxygen atoms in total. The van der Waals surface area contributed by atoms with E-state index in [0.29, 0.717) is 23.6 Å². The van der Waals surface area contributed by atoms with Gasteiger partial charge in [-0.05, 0) is 49.3 Å². The Morgan fingerprint density at radius 2 is 1.81 bits per heavy atom. The highest BCUT2D eigenvalue weighted by Crippen LogP contribution is 2.40. The molecule has 1 aromatic rings. The number of piperidine rings is 1. The molecule has 3 aliphatic rings. The molecule has 2 saturated heterocycles. The summed E-state index contributed by atoms with van der Waals surface area (Å²) in [6.07, 6.45) is 6.66. The average molecular weight is 366 g/mol. The summed E-state index contributed by atoms with van der Waals surface area (Å²) in [6, 6.07) is 6.98. The second-order valence-electron chi connectivity index (χ2n) is 8.19. The third-order valence-electron chi connectivity index (χ3n) is 6.29. The van der Waals surface area contributed by atoms with Crippen molar-refractivity contribution in [1.29, 1.82) is 0 Å². The number of likely N-dealkylation sites (tertiary alicyclic amines) is 1. The van der Waals surface area contributed by atoms with Crippen LogP contribution in [-0.4, -0.2) is 35.7 Å². The summed E-state index contributed by atoms with van der Waals surface area (Å²) in [5, 5.41) is 0. The first-order valence-electron chi connectivity index (χ1n) is 9.91. The standard InChI is InChI=1S/C22H26N2O3/c1-14-9-11-23(12-10-14)20(25)16-6-4-7-17(13-16)24-21(26)18-8-3-5-15(2)19(18)22(24)27/h3-7,13-15,18-19H,8-12H2,1-2H3/t15-,18-,19+/m1/s1. The van der Waals surface area contributed by atoms with E-state index in [9.17, 15) is 14.4 Å². The third kappa shape index (κ3) is 3.09. The van der Waals surface area contributed by atoms with Gasteiger partial charge in [0, 0.05) is 18.7 Å². The molecule has 2 heterocycles. The molecular formula is C22H26N2O3. The van der Waals surface area contributed by atoms with E-state index in [1.807, 2.05) is 24.0 Å². The van der Waals surface area contributed by atoms with Gasteiger partial charge in [-0.3, -0.25) is 19.3 Å². The number of hydrogen-bond donors (Lipinski definition) is 0. The van der Waals surface area contributed by atoms with Crippen LogP contribution in [0.25, 0.3) is 0 Å². The van der Waals surface area contributed by atoms with Gasteiger partial charge in [0.25, 0.3) is 5.91 Å². The molecular weight excluding hydrogens is 340 g/mol. The lowest BCUT2D eigenvalue weighted by molar-refractivity contribution is -0.122. The minimum atomic E-state index is -0.287. The molecule has 0 bridgehead atoms. The quantitative estimate of drug-likeness (QED) is 0.596. The van der Waals surface area contributed by atoms with Crippen molar-refractivity contribution in [2.24, 2.45) is 23.7 Å². The highest BCUT2D eigenvalue weighted by molar-refractivity contribution is 6.22. The second kappa shape index (κ2) is 6.95. The number of rotatable bonds is 2. The molecule has 4 rings (SSSR count). The van der Waals surface area contributed by atoms with Gasteiger partial charge in [0.15, 0.2) is 0 Å². The molecule has 1 aromatic carbocycles. The molecule has 3 amide bonds. The maximum atomic E-state index is 13.0. The van der Waals surface area contributed by atoms with E-state index in [-0.39, 0.29) is 35.5 Å². The van der Waals surface area contributed by atoms with Crippen molar-refractivity contribution in [3.63, 3.8) is 0 Å². The van der Waals surface area contributed by atoms with Crippen LogP contribution in [0.4, 0.5) is 5.69 Å². The molecule has 0 unspecified atom stereocenters. The summed E-state index contributed by atoms with van der Waals surface area (Å²) in [4.78, 5) is 41.9. The molecule has 142 valence electrons. The van der Waals surface area contributed by atoms with Crippen LogP contribution in [0, 0.1) is 23.7 Å². The molecule has 1 aliphatic carbocycles. The maximum Gasteiger partial charge on any atom is 0.253 e. The maximum absolute atomic E-state index is 13.0. The predicted molar refractivity (Wildman–Crippen MR) is 103 cm³/mol. The molecule has 0 N–H and O–H groups in total. The Bertz CT molecular complexity index is 808. The first-order chi connectivity index (χ1) is 13.0. The summed E-state index contributed by atoms with van der Waals surface area (Å²) in [7, 11) is 0. The molecule has 0 aromatic heterocycles. The van der Waals surface area contributed by atoms with Crippen LogP contribution >= 0.6 is 0 Å². The SMILES string of the molecule is CC1CCN(C(=O)c2cccc(N3C(=O)[C@H]4[C@H](C)C=CC[C@H]4C3=O)c2)CC1. The van der Waals surface area contributed by atoms with E-state index in [1.54, 1.807) is 24.3 Å². The molecule has 5 heteroatoms. The van der Waals surface area contributed by atoms with E-state index in [1.165, 1.54) is 4.90 Å². The van der Waals surface area contributed by atoms with Crippen LogP contribution in [0.15, 0.2) is 36.4 Å². The monoisotopic (exact) mass is 366 g/mol. The van der Waals surface area contributed by atoms with Crippen molar-refractivity contribution in [2.75, 3.05) is 18.0 Å². The van der Waals surface area contributed by atoms with E-state index >= 15 is 0 Å². The van der Waals surface area contributed by atoms with Crippen LogP contribution in [0.5, 0.6) is 0 Å². The number of anilines is 1. The van der Waals surface area contributed by atoms with E-state index < -0.39 is 0 Å². The second-order valence-corrected chi connectivity index (χ2v) is 8.19. The summed E-state index contributed by atoms with van der Waals surface area (Å²) in [6.45, 7) is 5.72. The highest BCUT2D eigenvalue weighted by atomic mass is 16.2. The van der Waals surface area contributed by atoms with Crippen molar-refractivity contribution in [3.8, 4) is 0 Å². The number of nitrogens with zero attached hydrogens (tertiary/aromatic N) is 2. The third-order valence-corrected chi connectivity index (χ3v) is 6.29. The number of carbonyl (C=O) groups excluding carboxylic acids is 3. The minimum absolute atomic E-state index is 0.0182. The van der Waals surface area contributed by atoms with E-state index in [2.05, 4.69) is 6.92 Å². The molecule has 3 atom stereocenters. The van der Waals surface area contributed by atoms with Gasteiger partial charge in [-0.2, -0.15) is 0 Å². The topological polar surface area (TPSA) is 57.7 Å². The van der Waals surface area contributed by atoms with Gasteiger partial charge >= 0.3 is 0 Å². The van der Waals surface area contributed by atoms with Crippen LogP contribution in [0.3, 0.4) is 0 Å². The van der Waals surface area contributed by atoms with Gasteiger partial charge < -0.3 is 4.90 Å².